The Morgan fingerprint density at radius 3 is 1.55 bits per heavy atom. The van der Waals surface area contributed by atoms with Gasteiger partial charge < -0.3 is 4.74 Å². The summed E-state index contributed by atoms with van der Waals surface area (Å²) < 4.78 is 5.54. The maximum atomic E-state index is 5.54. The van der Waals surface area contributed by atoms with Crippen LogP contribution in [0.5, 0.6) is 0 Å². The van der Waals surface area contributed by atoms with E-state index in [1.165, 1.54) is 12.8 Å². The van der Waals surface area contributed by atoms with Crippen LogP contribution in [0, 0.1) is 11.8 Å². The molecule has 0 saturated carbocycles. The van der Waals surface area contributed by atoms with Gasteiger partial charge in [0, 0.05) is 13.2 Å². The van der Waals surface area contributed by atoms with Crippen molar-refractivity contribution in [1.29, 1.82) is 0 Å². The van der Waals surface area contributed by atoms with Crippen molar-refractivity contribution >= 4 is 0 Å². The lowest BCUT2D eigenvalue weighted by molar-refractivity contribution is 0.0780. The molecule has 11 heavy (non-hydrogen) atoms. The molecular formula is C10H22O. The van der Waals surface area contributed by atoms with Crippen molar-refractivity contribution in [3.05, 3.63) is 0 Å². The molecule has 0 heterocycles. The zero-order chi connectivity index (χ0) is 8.69. The molecule has 2 unspecified atom stereocenters. The molecule has 0 spiro atoms. The lowest BCUT2D eigenvalue weighted by Crippen LogP contribution is -2.10. The van der Waals surface area contributed by atoms with Crippen LogP contribution in [0.25, 0.3) is 0 Å². The molecule has 68 valence electrons. The second-order valence-electron chi connectivity index (χ2n) is 3.56. The van der Waals surface area contributed by atoms with E-state index in [1.54, 1.807) is 0 Å². The smallest absolute Gasteiger partial charge is 0.0491 e. The molecule has 0 fully saturated rings. The zero-order valence-corrected chi connectivity index (χ0v) is 8.39. The van der Waals surface area contributed by atoms with Gasteiger partial charge >= 0.3 is 0 Å². The Bertz CT molecular complexity index is 70.9. The largest absolute Gasteiger partial charge is 0.381 e. The Hall–Kier alpha value is -0.0400. The molecule has 0 saturated heterocycles. The first-order valence-corrected chi connectivity index (χ1v) is 4.78. The molecule has 0 amide bonds. The number of rotatable bonds is 6. The number of hydrogen-bond donors (Lipinski definition) is 0. The molecule has 1 heteroatoms. The number of ether oxygens (including phenoxy) is 1. The summed E-state index contributed by atoms with van der Waals surface area (Å²) in [5, 5.41) is 0. The summed E-state index contributed by atoms with van der Waals surface area (Å²) >= 11 is 0. The van der Waals surface area contributed by atoms with E-state index in [0.717, 1.165) is 25.0 Å². The Balaban J connectivity index is 3.13. The van der Waals surface area contributed by atoms with E-state index in [-0.39, 0.29) is 0 Å². The van der Waals surface area contributed by atoms with Gasteiger partial charge in [-0.3, -0.25) is 0 Å². The molecule has 0 radical (unpaired) electrons. The van der Waals surface area contributed by atoms with Gasteiger partial charge in [-0.1, -0.05) is 40.5 Å². The summed E-state index contributed by atoms with van der Waals surface area (Å²) in [6, 6.07) is 0. The summed E-state index contributed by atoms with van der Waals surface area (Å²) in [7, 11) is 0. The van der Waals surface area contributed by atoms with Crippen molar-refractivity contribution in [2.24, 2.45) is 11.8 Å². The van der Waals surface area contributed by atoms with Crippen LogP contribution in [0.3, 0.4) is 0 Å². The van der Waals surface area contributed by atoms with Crippen molar-refractivity contribution in [2.45, 2.75) is 40.5 Å². The summed E-state index contributed by atoms with van der Waals surface area (Å²) in [5.41, 5.74) is 0. The SMILES string of the molecule is CCC(C)COCC(C)CC. The highest BCUT2D eigenvalue weighted by atomic mass is 16.5. The maximum absolute atomic E-state index is 5.54. The first kappa shape index (κ1) is 11.0. The van der Waals surface area contributed by atoms with Crippen molar-refractivity contribution in [2.75, 3.05) is 13.2 Å². The molecule has 0 bridgehead atoms. The fraction of sp³-hybridized carbons (Fsp3) is 1.00. The van der Waals surface area contributed by atoms with Crippen LogP contribution >= 0.6 is 0 Å². The second kappa shape index (κ2) is 6.66. The van der Waals surface area contributed by atoms with Crippen molar-refractivity contribution in [1.82, 2.24) is 0 Å². The molecular weight excluding hydrogens is 136 g/mol. The molecule has 2 atom stereocenters. The van der Waals surface area contributed by atoms with E-state index >= 15 is 0 Å². The minimum Gasteiger partial charge on any atom is -0.381 e. The van der Waals surface area contributed by atoms with Crippen LogP contribution in [0.15, 0.2) is 0 Å². The van der Waals surface area contributed by atoms with Gasteiger partial charge in [-0.25, -0.2) is 0 Å². The van der Waals surface area contributed by atoms with Gasteiger partial charge in [-0.15, -0.1) is 0 Å². The van der Waals surface area contributed by atoms with Crippen LogP contribution in [0.2, 0.25) is 0 Å². The van der Waals surface area contributed by atoms with Crippen molar-refractivity contribution < 1.29 is 4.74 Å². The minimum atomic E-state index is 0.721. The normalized spacial score (nSPS) is 16.4. The highest BCUT2D eigenvalue weighted by Gasteiger charge is 2.01. The lowest BCUT2D eigenvalue weighted by Gasteiger charge is -2.12. The van der Waals surface area contributed by atoms with E-state index in [0.29, 0.717) is 0 Å². The Labute approximate surface area is 71.1 Å². The van der Waals surface area contributed by atoms with Crippen molar-refractivity contribution in [3.63, 3.8) is 0 Å². The molecule has 0 aliphatic heterocycles. The van der Waals surface area contributed by atoms with E-state index < -0.39 is 0 Å². The fourth-order valence-electron chi connectivity index (χ4n) is 0.706. The lowest BCUT2D eigenvalue weighted by atomic mass is 10.1. The third kappa shape index (κ3) is 6.36. The Morgan fingerprint density at radius 2 is 1.27 bits per heavy atom. The van der Waals surface area contributed by atoms with Crippen LogP contribution in [-0.2, 0) is 4.74 Å². The summed E-state index contributed by atoms with van der Waals surface area (Å²) in [6.07, 6.45) is 2.45. The van der Waals surface area contributed by atoms with Crippen molar-refractivity contribution in [3.8, 4) is 0 Å². The van der Waals surface area contributed by atoms with Gasteiger partial charge in [0.1, 0.15) is 0 Å². The fourth-order valence-corrected chi connectivity index (χ4v) is 0.706. The minimum absolute atomic E-state index is 0.721. The molecule has 0 aromatic carbocycles. The average molecular weight is 158 g/mol. The molecule has 0 N–H and O–H groups in total. The third-order valence-corrected chi connectivity index (χ3v) is 2.20. The van der Waals surface area contributed by atoms with Gasteiger partial charge in [0.25, 0.3) is 0 Å². The second-order valence-corrected chi connectivity index (χ2v) is 3.56. The monoisotopic (exact) mass is 158 g/mol. The van der Waals surface area contributed by atoms with Gasteiger partial charge in [0.15, 0.2) is 0 Å². The third-order valence-electron chi connectivity index (χ3n) is 2.20. The molecule has 0 rings (SSSR count). The van der Waals surface area contributed by atoms with Crippen LogP contribution in [-0.4, -0.2) is 13.2 Å². The van der Waals surface area contributed by atoms with E-state index in [2.05, 4.69) is 27.7 Å². The molecule has 0 aliphatic rings. The van der Waals surface area contributed by atoms with Gasteiger partial charge in [-0.05, 0) is 11.8 Å². The number of hydrogen-bond acceptors (Lipinski definition) is 1. The molecule has 0 aliphatic carbocycles. The van der Waals surface area contributed by atoms with Gasteiger partial charge in [0.2, 0.25) is 0 Å². The zero-order valence-electron chi connectivity index (χ0n) is 8.39. The average Bonchev–Trinajstić information content (AvgIpc) is 2.04. The Kier molecular flexibility index (Phi) is 6.63. The van der Waals surface area contributed by atoms with Crippen LogP contribution in [0.1, 0.15) is 40.5 Å². The Morgan fingerprint density at radius 1 is 0.909 bits per heavy atom. The summed E-state index contributed by atoms with van der Waals surface area (Å²) in [6.45, 7) is 10.7. The molecule has 0 aromatic heterocycles. The van der Waals surface area contributed by atoms with Crippen LogP contribution in [0.4, 0.5) is 0 Å². The standard InChI is InChI=1S/C10H22O/c1-5-9(3)7-11-8-10(4)6-2/h9-10H,5-8H2,1-4H3. The highest BCUT2D eigenvalue weighted by molar-refractivity contribution is 4.49. The first-order valence-electron chi connectivity index (χ1n) is 4.78. The highest BCUT2D eigenvalue weighted by Crippen LogP contribution is 2.04. The van der Waals surface area contributed by atoms with E-state index in [9.17, 15) is 0 Å². The topological polar surface area (TPSA) is 9.23 Å². The summed E-state index contributed by atoms with van der Waals surface area (Å²) in [5.74, 6) is 1.44. The maximum Gasteiger partial charge on any atom is 0.0491 e. The van der Waals surface area contributed by atoms with E-state index in [4.69, 9.17) is 4.74 Å². The molecule has 1 nitrogen and oxygen atoms in total. The predicted molar refractivity (Wildman–Crippen MR) is 49.7 cm³/mol. The van der Waals surface area contributed by atoms with Gasteiger partial charge in [-0.2, -0.15) is 0 Å². The van der Waals surface area contributed by atoms with Gasteiger partial charge in [0.05, 0.1) is 0 Å². The first-order chi connectivity index (χ1) is 5.20. The predicted octanol–water partition coefficient (Wildman–Crippen LogP) is 3.10. The summed E-state index contributed by atoms with van der Waals surface area (Å²) in [4.78, 5) is 0. The van der Waals surface area contributed by atoms with Crippen LogP contribution < -0.4 is 0 Å². The quantitative estimate of drug-likeness (QED) is 0.577. The molecule has 0 aromatic rings. The van der Waals surface area contributed by atoms with E-state index in [1.807, 2.05) is 0 Å².